The van der Waals surface area contributed by atoms with E-state index in [-0.39, 0.29) is 11.5 Å². The van der Waals surface area contributed by atoms with Gasteiger partial charge < -0.3 is 10.5 Å². The first-order chi connectivity index (χ1) is 8.88. The van der Waals surface area contributed by atoms with Crippen molar-refractivity contribution in [3.63, 3.8) is 0 Å². The molecule has 0 aromatic heterocycles. The number of hydrogen-bond acceptors (Lipinski definition) is 2. The molecule has 0 saturated heterocycles. The van der Waals surface area contributed by atoms with Crippen LogP contribution in [0.3, 0.4) is 0 Å². The maximum absolute atomic E-state index is 12.8. The highest BCUT2D eigenvalue weighted by Gasteiger charge is 2.34. The normalized spacial score (nSPS) is 11.4. The molecule has 0 saturated carbocycles. The molecule has 2 rings (SSSR count). The highest BCUT2D eigenvalue weighted by Crippen LogP contribution is 2.39. The summed E-state index contributed by atoms with van der Waals surface area (Å²) in [5, 5.41) is 0. The van der Waals surface area contributed by atoms with Crippen LogP contribution in [-0.4, -0.2) is 0 Å². The fourth-order valence-corrected chi connectivity index (χ4v) is 1.67. The molecule has 2 nitrogen and oxygen atoms in total. The van der Waals surface area contributed by atoms with Crippen LogP contribution in [0, 0.1) is 6.92 Å². The largest absolute Gasteiger partial charge is 0.455 e. The predicted molar refractivity (Wildman–Crippen MR) is 67.1 cm³/mol. The van der Waals surface area contributed by atoms with E-state index >= 15 is 0 Å². The number of benzene rings is 2. The van der Waals surface area contributed by atoms with Gasteiger partial charge in [-0.3, -0.25) is 0 Å². The molecule has 2 aromatic carbocycles. The van der Waals surface area contributed by atoms with Crippen LogP contribution >= 0.6 is 0 Å². The molecule has 100 valence electrons. The van der Waals surface area contributed by atoms with Crippen LogP contribution in [0.1, 0.15) is 11.1 Å². The van der Waals surface area contributed by atoms with Crippen LogP contribution in [0.25, 0.3) is 0 Å². The first-order valence-electron chi connectivity index (χ1n) is 5.58. The summed E-state index contributed by atoms with van der Waals surface area (Å²) in [6.45, 7) is 1.84. The number of rotatable bonds is 2. The molecule has 0 radical (unpaired) electrons. The maximum Gasteiger partial charge on any atom is 0.419 e. The average Bonchev–Trinajstić information content (AvgIpc) is 2.32. The van der Waals surface area contributed by atoms with Crippen molar-refractivity contribution in [1.82, 2.24) is 0 Å². The molecule has 0 aliphatic heterocycles. The molecule has 0 heterocycles. The van der Waals surface area contributed by atoms with Gasteiger partial charge in [-0.1, -0.05) is 18.2 Å². The average molecular weight is 267 g/mol. The molecule has 5 heteroatoms. The van der Waals surface area contributed by atoms with Crippen LogP contribution in [0.15, 0.2) is 42.5 Å². The minimum Gasteiger partial charge on any atom is -0.455 e. The Hall–Kier alpha value is -2.17. The van der Waals surface area contributed by atoms with Gasteiger partial charge in [0.1, 0.15) is 11.5 Å². The maximum atomic E-state index is 12.8. The lowest BCUT2D eigenvalue weighted by molar-refractivity contribution is -0.138. The number of anilines is 1. The van der Waals surface area contributed by atoms with Crippen molar-refractivity contribution in [3.05, 3.63) is 53.6 Å². The summed E-state index contributed by atoms with van der Waals surface area (Å²) < 4.78 is 43.7. The van der Waals surface area contributed by atoms with Crippen molar-refractivity contribution in [2.75, 3.05) is 5.73 Å². The number of alkyl halides is 3. The lowest BCUT2D eigenvalue weighted by Gasteiger charge is -2.14. The third-order valence-corrected chi connectivity index (χ3v) is 2.58. The zero-order valence-electron chi connectivity index (χ0n) is 10.2. The summed E-state index contributed by atoms with van der Waals surface area (Å²) in [6.07, 6.45) is -4.46. The van der Waals surface area contributed by atoms with E-state index < -0.39 is 11.7 Å². The van der Waals surface area contributed by atoms with Crippen LogP contribution in [-0.2, 0) is 6.18 Å². The van der Waals surface area contributed by atoms with Gasteiger partial charge in [0.2, 0.25) is 0 Å². The van der Waals surface area contributed by atoms with Crippen molar-refractivity contribution < 1.29 is 17.9 Å². The number of aryl methyl sites for hydroxylation is 1. The van der Waals surface area contributed by atoms with Gasteiger partial charge in [-0.15, -0.1) is 0 Å². The Morgan fingerprint density at radius 1 is 1.00 bits per heavy atom. The quantitative estimate of drug-likeness (QED) is 0.819. The Morgan fingerprint density at radius 3 is 2.32 bits per heavy atom. The molecule has 0 fully saturated rings. The summed E-state index contributed by atoms with van der Waals surface area (Å²) in [4.78, 5) is 0. The number of hydrogen-bond donors (Lipinski definition) is 1. The summed E-state index contributed by atoms with van der Waals surface area (Å²) >= 11 is 0. The van der Waals surface area contributed by atoms with Crippen molar-refractivity contribution >= 4 is 5.69 Å². The second-order valence-electron chi connectivity index (χ2n) is 4.14. The molecule has 0 amide bonds. The van der Waals surface area contributed by atoms with E-state index in [9.17, 15) is 13.2 Å². The zero-order valence-corrected chi connectivity index (χ0v) is 10.2. The summed E-state index contributed by atoms with van der Waals surface area (Å²) in [5.41, 5.74) is 6.11. The summed E-state index contributed by atoms with van der Waals surface area (Å²) in [5.74, 6) is -0.0483. The van der Waals surface area contributed by atoms with Crippen molar-refractivity contribution in [2.24, 2.45) is 0 Å². The molecule has 0 unspecified atom stereocenters. The fourth-order valence-electron chi connectivity index (χ4n) is 1.67. The minimum atomic E-state index is -4.46. The van der Waals surface area contributed by atoms with Gasteiger partial charge in [0.25, 0.3) is 0 Å². The van der Waals surface area contributed by atoms with Gasteiger partial charge in [-0.05, 0) is 36.8 Å². The predicted octanol–water partition coefficient (Wildman–Crippen LogP) is 4.39. The van der Waals surface area contributed by atoms with E-state index in [4.69, 9.17) is 10.5 Å². The fraction of sp³-hybridized carbons (Fsp3) is 0.143. The second-order valence-corrected chi connectivity index (χ2v) is 4.14. The van der Waals surface area contributed by atoms with Gasteiger partial charge in [0.05, 0.1) is 11.3 Å². The number of halogens is 3. The SMILES string of the molecule is Cc1ccc(Oc2ccccc2C(F)(F)F)c(N)c1. The molecule has 2 aromatic rings. The molecule has 0 atom stereocenters. The van der Waals surface area contributed by atoms with Gasteiger partial charge in [0, 0.05) is 0 Å². The van der Waals surface area contributed by atoms with Crippen LogP contribution < -0.4 is 10.5 Å². The van der Waals surface area contributed by atoms with Crippen LogP contribution in [0.2, 0.25) is 0 Å². The molecule has 0 bridgehead atoms. The molecule has 19 heavy (non-hydrogen) atoms. The first kappa shape index (κ1) is 13.3. The van der Waals surface area contributed by atoms with Gasteiger partial charge in [-0.25, -0.2) is 0 Å². The van der Waals surface area contributed by atoms with Crippen LogP contribution in [0.4, 0.5) is 18.9 Å². The first-order valence-corrected chi connectivity index (χ1v) is 5.58. The third-order valence-electron chi connectivity index (χ3n) is 2.58. The van der Waals surface area contributed by atoms with Crippen molar-refractivity contribution in [1.29, 1.82) is 0 Å². The molecular weight excluding hydrogens is 255 g/mol. The van der Waals surface area contributed by atoms with Gasteiger partial charge >= 0.3 is 6.18 Å². The third kappa shape index (κ3) is 2.99. The number of para-hydroxylation sites is 1. The zero-order chi connectivity index (χ0) is 14.0. The number of nitrogen functional groups attached to an aromatic ring is 1. The Bertz CT molecular complexity index is 593. The Labute approximate surface area is 108 Å². The summed E-state index contributed by atoms with van der Waals surface area (Å²) in [6, 6.07) is 9.95. The van der Waals surface area contributed by atoms with Crippen molar-refractivity contribution in [2.45, 2.75) is 13.1 Å². The van der Waals surface area contributed by atoms with E-state index in [0.717, 1.165) is 11.6 Å². The minimum absolute atomic E-state index is 0.210. The molecule has 0 aliphatic rings. The topological polar surface area (TPSA) is 35.2 Å². The monoisotopic (exact) mass is 267 g/mol. The van der Waals surface area contributed by atoms with E-state index in [1.54, 1.807) is 18.2 Å². The van der Waals surface area contributed by atoms with Gasteiger partial charge in [0.15, 0.2) is 0 Å². The molecule has 0 spiro atoms. The van der Waals surface area contributed by atoms with Crippen LogP contribution in [0.5, 0.6) is 11.5 Å². The van der Waals surface area contributed by atoms with E-state index in [1.165, 1.54) is 18.2 Å². The number of nitrogens with two attached hydrogens (primary N) is 1. The van der Waals surface area contributed by atoms with E-state index in [2.05, 4.69) is 0 Å². The molecular formula is C14H12F3NO. The molecule has 0 aliphatic carbocycles. The Morgan fingerprint density at radius 2 is 1.68 bits per heavy atom. The Balaban J connectivity index is 2.39. The highest BCUT2D eigenvalue weighted by molar-refractivity contribution is 5.56. The Kier molecular flexibility index (Phi) is 3.38. The van der Waals surface area contributed by atoms with Gasteiger partial charge in [-0.2, -0.15) is 13.2 Å². The molecule has 2 N–H and O–H groups in total. The highest BCUT2D eigenvalue weighted by atomic mass is 19.4. The lowest BCUT2D eigenvalue weighted by atomic mass is 10.2. The van der Waals surface area contributed by atoms with E-state index in [1.807, 2.05) is 6.92 Å². The standard InChI is InChI=1S/C14H12F3NO/c1-9-6-7-13(11(18)8-9)19-12-5-3-2-4-10(12)14(15,16)17/h2-8H,18H2,1H3. The smallest absolute Gasteiger partial charge is 0.419 e. The second kappa shape index (κ2) is 4.84. The van der Waals surface area contributed by atoms with E-state index in [0.29, 0.717) is 5.69 Å². The summed E-state index contributed by atoms with van der Waals surface area (Å²) in [7, 11) is 0. The number of ether oxygens (including phenoxy) is 1. The van der Waals surface area contributed by atoms with Crippen molar-refractivity contribution in [3.8, 4) is 11.5 Å². The lowest BCUT2D eigenvalue weighted by Crippen LogP contribution is -2.07.